The van der Waals surface area contributed by atoms with Gasteiger partial charge in [-0.2, -0.15) is 11.8 Å². The maximum absolute atomic E-state index is 12.3. The normalized spacial score (nSPS) is 22.1. The fourth-order valence-corrected chi connectivity index (χ4v) is 4.27. The van der Waals surface area contributed by atoms with Gasteiger partial charge in [-0.3, -0.25) is 4.79 Å². The summed E-state index contributed by atoms with van der Waals surface area (Å²) in [6, 6.07) is 3.99. The summed E-state index contributed by atoms with van der Waals surface area (Å²) >= 11 is 1.90. The van der Waals surface area contributed by atoms with Crippen LogP contribution in [0.3, 0.4) is 0 Å². The summed E-state index contributed by atoms with van der Waals surface area (Å²) in [6.07, 6.45) is 8.61. The van der Waals surface area contributed by atoms with Gasteiger partial charge in [-0.1, -0.05) is 19.3 Å². The molecule has 1 saturated carbocycles. The molecule has 0 radical (unpaired) electrons. The van der Waals surface area contributed by atoms with Crippen molar-refractivity contribution < 1.29 is 9.53 Å². The third-order valence-corrected chi connectivity index (χ3v) is 5.79. The number of rotatable bonds is 6. The van der Waals surface area contributed by atoms with Crippen molar-refractivity contribution in [3.05, 3.63) is 18.3 Å². The number of amides is 1. The number of ether oxygens (including phenoxy) is 1. The second kappa shape index (κ2) is 9.28. The maximum atomic E-state index is 12.3. The summed E-state index contributed by atoms with van der Waals surface area (Å²) in [5.41, 5.74) is 0. The van der Waals surface area contributed by atoms with Gasteiger partial charge in [0.1, 0.15) is 0 Å². The highest BCUT2D eigenvalue weighted by Gasteiger charge is 2.19. The summed E-state index contributed by atoms with van der Waals surface area (Å²) in [7, 11) is 0. The molecule has 1 aromatic heterocycles. The predicted molar refractivity (Wildman–Crippen MR) is 98.7 cm³/mol. The number of pyridine rings is 1. The molecule has 6 heteroatoms. The molecule has 2 fully saturated rings. The number of carbonyl (C=O) groups is 1. The lowest BCUT2D eigenvalue weighted by atomic mass is 9.90. The Morgan fingerprint density at radius 1 is 1.38 bits per heavy atom. The molecule has 5 nitrogen and oxygen atoms in total. The molecule has 1 aromatic rings. The molecule has 1 saturated heterocycles. The van der Waals surface area contributed by atoms with Crippen LogP contribution in [0, 0.1) is 5.92 Å². The van der Waals surface area contributed by atoms with E-state index in [9.17, 15) is 4.79 Å². The minimum atomic E-state index is -0.00350. The van der Waals surface area contributed by atoms with Gasteiger partial charge in [-0.15, -0.1) is 0 Å². The number of hydrogen-bond acceptors (Lipinski definition) is 5. The standard InChI is InChI=1S/C18H27N3O2S/c22-17(11-15-13-24-10-9-19-15)21-18-16(7-4-8-20-18)23-12-14-5-2-1-3-6-14/h4,7-8,14-15,19H,1-3,5-6,9-13H2,(H,20,21,22). The first-order valence-electron chi connectivity index (χ1n) is 9.00. The van der Waals surface area contributed by atoms with Gasteiger partial charge in [-0.25, -0.2) is 4.98 Å². The first-order chi connectivity index (χ1) is 11.8. The molecule has 24 heavy (non-hydrogen) atoms. The summed E-state index contributed by atoms with van der Waals surface area (Å²) in [5.74, 6) is 3.96. The number of carbonyl (C=O) groups excluding carboxylic acids is 1. The third-order valence-electron chi connectivity index (χ3n) is 4.66. The Hall–Kier alpha value is -1.27. The summed E-state index contributed by atoms with van der Waals surface area (Å²) in [5, 5.41) is 6.31. The molecule has 0 bridgehead atoms. The summed E-state index contributed by atoms with van der Waals surface area (Å²) in [4.78, 5) is 16.6. The first-order valence-corrected chi connectivity index (χ1v) is 10.2. The molecule has 1 aliphatic heterocycles. The smallest absolute Gasteiger partial charge is 0.227 e. The number of thioether (sulfide) groups is 1. The van der Waals surface area contributed by atoms with Gasteiger partial charge >= 0.3 is 0 Å². The van der Waals surface area contributed by atoms with Crippen molar-refractivity contribution >= 4 is 23.5 Å². The summed E-state index contributed by atoms with van der Waals surface area (Å²) in [6.45, 7) is 1.69. The molecule has 1 aliphatic carbocycles. The Kier molecular flexibility index (Phi) is 6.78. The van der Waals surface area contributed by atoms with Crippen LogP contribution < -0.4 is 15.4 Å². The molecule has 1 amide bonds. The Labute approximate surface area is 148 Å². The lowest BCUT2D eigenvalue weighted by molar-refractivity contribution is -0.116. The van der Waals surface area contributed by atoms with E-state index < -0.39 is 0 Å². The van der Waals surface area contributed by atoms with Crippen LogP contribution in [0.15, 0.2) is 18.3 Å². The van der Waals surface area contributed by atoms with Crippen LogP contribution in [0.5, 0.6) is 5.75 Å². The quantitative estimate of drug-likeness (QED) is 0.826. The Bertz CT molecular complexity index is 529. The predicted octanol–water partition coefficient (Wildman–Crippen LogP) is 3.07. The molecule has 2 N–H and O–H groups in total. The Balaban J connectivity index is 1.51. The van der Waals surface area contributed by atoms with E-state index in [1.165, 1.54) is 32.1 Å². The fourth-order valence-electron chi connectivity index (χ4n) is 3.32. The van der Waals surface area contributed by atoms with Crippen molar-refractivity contribution in [1.29, 1.82) is 0 Å². The second-order valence-electron chi connectivity index (χ2n) is 6.64. The lowest BCUT2D eigenvalue weighted by Gasteiger charge is -2.23. The van der Waals surface area contributed by atoms with Gasteiger partial charge < -0.3 is 15.4 Å². The molecule has 2 aliphatic rings. The van der Waals surface area contributed by atoms with Crippen molar-refractivity contribution in [2.45, 2.75) is 44.6 Å². The van der Waals surface area contributed by atoms with E-state index in [1.807, 2.05) is 23.9 Å². The van der Waals surface area contributed by atoms with Gasteiger partial charge in [0.25, 0.3) is 0 Å². The van der Waals surface area contributed by atoms with Crippen LogP contribution in [-0.2, 0) is 4.79 Å². The number of nitrogens with zero attached hydrogens (tertiary/aromatic N) is 1. The largest absolute Gasteiger partial charge is 0.489 e. The van der Waals surface area contributed by atoms with Crippen LogP contribution in [0.1, 0.15) is 38.5 Å². The molecule has 1 atom stereocenters. The second-order valence-corrected chi connectivity index (χ2v) is 7.79. The van der Waals surface area contributed by atoms with E-state index in [0.29, 0.717) is 23.9 Å². The van der Waals surface area contributed by atoms with Crippen LogP contribution in [0.4, 0.5) is 5.82 Å². The van der Waals surface area contributed by atoms with Crippen molar-refractivity contribution in [3.8, 4) is 5.75 Å². The van der Waals surface area contributed by atoms with Crippen molar-refractivity contribution in [2.75, 3.05) is 30.0 Å². The zero-order valence-electron chi connectivity index (χ0n) is 14.1. The zero-order chi connectivity index (χ0) is 16.6. The van der Waals surface area contributed by atoms with Crippen LogP contribution in [-0.4, -0.2) is 41.6 Å². The molecule has 3 rings (SSSR count). The van der Waals surface area contributed by atoms with Crippen molar-refractivity contribution in [3.63, 3.8) is 0 Å². The molecule has 2 heterocycles. The van der Waals surface area contributed by atoms with E-state index in [2.05, 4.69) is 15.6 Å². The van der Waals surface area contributed by atoms with E-state index in [0.717, 1.165) is 24.7 Å². The van der Waals surface area contributed by atoms with E-state index >= 15 is 0 Å². The summed E-state index contributed by atoms with van der Waals surface area (Å²) < 4.78 is 5.97. The van der Waals surface area contributed by atoms with Gasteiger partial charge in [0, 0.05) is 36.7 Å². The van der Waals surface area contributed by atoms with Crippen LogP contribution in [0.25, 0.3) is 0 Å². The monoisotopic (exact) mass is 349 g/mol. The number of nitrogens with one attached hydrogen (secondary N) is 2. The highest BCUT2D eigenvalue weighted by molar-refractivity contribution is 7.99. The minimum Gasteiger partial charge on any atom is -0.489 e. The number of aromatic nitrogens is 1. The molecule has 132 valence electrons. The van der Waals surface area contributed by atoms with Crippen molar-refractivity contribution in [2.24, 2.45) is 5.92 Å². The lowest BCUT2D eigenvalue weighted by Crippen LogP contribution is -2.40. The van der Waals surface area contributed by atoms with Crippen molar-refractivity contribution in [1.82, 2.24) is 10.3 Å². The molecular weight excluding hydrogens is 322 g/mol. The van der Waals surface area contributed by atoms with Crippen LogP contribution in [0.2, 0.25) is 0 Å². The molecule has 0 spiro atoms. The number of hydrogen-bond donors (Lipinski definition) is 2. The molecule has 0 aromatic carbocycles. The van der Waals surface area contributed by atoms with Gasteiger partial charge in [0.05, 0.1) is 6.61 Å². The Morgan fingerprint density at radius 3 is 3.04 bits per heavy atom. The maximum Gasteiger partial charge on any atom is 0.227 e. The third kappa shape index (κ3) is 5.38. The highest BCUT2D eigenvalue weighted by Crippen LogP contribution is 2.27. The van der Waals surface area contributed by atoms with E-state index in [4.69, 9.17) is 4.74 Å². The minimum absolute atomic E-state index is 0.00350. The van der Waals surface area contributed by atoms with E-state index in [-0.39, 0.29) is 11.9 Å². The average Bonchev–Trinajstić information content (AvgIpc) is 2.63. The van der Waals surface area contributed by atoms with Crippen LogP contribution >= 0.6 is 11.8 Å². The Morgan fingerprint density at radius 2 is 2.25 bits per heavy atom. The molecular formula is C18H27N3O2S. The molecule has 1 unspecified atom stereocenters. The number of anilines is 1. The van der Waals surface area contributed by atoms with Gasteiger partial charge in [0.15, 0.2) is 11.6 Å². The van der Waals surface area contributed by atoms with Gasteiger partial charge in [0.2, 0.25) is 5.91 Å². The average molecular weight is 350 g/mol. The fraction of sp³-hybridized carbons (Fsp3) is 0.667. The van der Waals surface area contributed by atoms with E-state index in [1.54, 1.807) is 6.20 Å². The highest BCUT2D eigenvalue weighted by atomic mass is 32.2. The SMILES string of the molecule is O=C(CC1CSCCN1)Nc1ncccc1OCC1CCCCC1. The zero-order valence-corrected chi connectivity index (χ0v) is 14.9. The topological polar surface area (TPSA) is 63.2 Å². The first kappa shape index (κ1) is 17.5. The van der Waals surface area contributed by atoms with Gasteiger partial charge in [-0.05, 0) is 30.9 Å².